The Bertz CT molecular complexity index is 1880. The number of fused-ring (bicyclic) bond motifs is 1. The second kappa shape index (κ2) is 10.3. The molecular weight excluding hydrogens is 518 g/mol. The average molecular weight is 544 g/mol. The summed E-state index contributed by atoms with van der Waals surface area (Å²) in [5, 5.41) is 4.41. The summed E-state index contributed by atoms with van der Waals surface area (Å²) in [5.41, 5.74) is 8.07. The topological polar surface area (TPSA) is 139 Å². The van der Waals surface area contributed by atoms with Crippen LogP contribution in [0.15, 0.2) is 88.8 Å². The molecule has 5 aromatic rings. The Kier molecular flexibility index (Phi) is 6.85. The predicted octanol–water partition coefficient (Wildman–Crippen LogP) is 3.28. The molecule has 2 heterocycles. The second-order valence-corrected chi connectivity index (χ2v) is 10.7. The van der Waals surface area contributed by atoms with E-state index in [0.29, 0.717) is 16.8 Å². The fraction of sp³-hybridized carbons (Fsp3) is 0.143. The summed E-state index contributed by atoms with van der Waals surface area (Å²) >= 11 is 0. The van der Waals surface area contributed by atoms with Gasteiger partial charge in [0.1, 0.15) is 11.8 Å². The summed E-state index contributed by atoms with van der Waals surface area (Å²) in [7, 11) is -3.67. The highest BCUT2D eigenvalue weighted by molar-refractivity contribution is 7.90. The first-order chi connectivity index (χ1) is 18.7. The maximum absolute atomic E-state index is 14.0. The highest BCUT2D eigenvalue weighted by Gasteiger charge is 2.25. The van der Waals surface area contributed by atoms with Crippen molar-refractivity contribution in [2.24, 2.45) is 5.73 Å². The first-order valence-electron chi connectivity index (χ1n) is 12.1. The van der Waals surface area contributed by atoms with Gasteiger partial charge in [0, 0.05) is 18.4 Å². The number of benzene rings is 3. The van der Waals surface area contributed by atoms with Gasteiger partial charge in [0.15, 0.2) is 21.0 Å². The Morgan fingerprint density at radius 1 is 1.03 bits per heavy atom. The van der Waals surface area contributed by atoms with Crippen LogP contribution in [0.25, 0.3) is 33.5 Å². The van der Waals surface area contributed by atoms with Crippen molar-refractivity contribution >= 4 is 26.8 Å². The molecule has 10 nitrogen and oxygen atoms in total. The van der Waals surface area contributed by atoms with Crippen LogP contribution >= 0.6 is 0 Å². The fourth-order valence-corrected chi connectivity index (χ4v) is 5.34. The lowest BCUT2D eigenvalue weighted by Crippen LogP contribution is -2.22. The quantitative estimate of drug-likeness (QED) is 0.309. The highest BCUT2D eigenvalue weighted by Crippen LogP contribution is 2.30. The molecule has 0 bridgehead atoms. The third kappa shape index (κ3) is 4.73. The SMILES string of the molecule is CCOC(=O)c1nn(-c2ccccc2CN)c2c(=O)n(-c3ccc(-c4ccccc4)c(S(C)(=O)=O)c3)cnc12. The van der Waals surface area contributed by atoms with Crippen molar-refractivity contribution in [1.82, 2.24) is 19.3 Å². The lowest BCUT2D eigenvalue weighted by molar-refractivity contribution is 0.0521. The number of carbonyl (C=O) groups excluding carboxylic acids is 1. The van der Waals surface area contributed by atoms with Crippen LogP contribution in [0.3, 0.4) is 0 Å². The number of rotatable bonds is 7. The van der Waals surface area contributed by atoms with Gasteiger partial charge in [0.2, 0.25) is 0 Å². The van der Waals surface area contributed by atoms with E-state index < -0.39 is 21.4 Å². The molecule has 5 rings (SSSR count). The Morgan fingerprint density at radius 2 is 1.74 bits per heavy atom. The van der Waals surface area contributed by atoms with Gasteiger partial charge in [-0.3, -0.25) is 9.36 Å². The zero-order chi connectivity index (χ0) is 27.7. The molecule has 2 N–H and O–H groups in total. The lowest BCUT2D eigenvalue weighted by atomic mass is 10.1. The van der Waals surface area contributed by atoms with Gasteiger partial charge in [-0.15, -0.1) is 0 Å². The number of hydrogen-bond donors (Lipinski definition) is 1. The molecule has 11 heteroatoms. The van der Waals surface area contributed by atoms with Crippen LogP contribution in [-0.4, -0.2) is 46.6 Å². The van der Waals surface area contributed by atoms with Crippen molar-refractivity contribution in [3.05, 3.63) is 101 Å². The van der Waals surface area contributed by atoms with Crippen LogP contribution in [0.1, 0.15) is 23.0 Å². The van der Waals surface area contributed by atoms with Crippen molar-refractivity contribution in [3.63, 3.8) is 0 Å². The number of aromatic nitrogens is 4. The lowest BCUT2D eigenvalue weighted by Gasteiger charge is -2.13. The maximum Gasteiger partial charge on any atom is 0.361 e. The highest BCUT2D eigenvalue weighted by atomic mass is 32.2. The van der Waals surface area contributed by atoms with Crippen molar-refractivity contribution < 1.29 is 17.9 Å². The van der Waals surface area contributed by atoms with E-state index in [1.165, 1.54) is 21.6 Å². The molecule has 0 aliphatic carbocycles. The number of nitrogens with two attached hydrogens (primary N) is 1. The smallest absolute Gasteiger partial charge is 0.361 e. The van der Waals surface area contributed by atoms with Crippen LogP contribution in [0.2, 0.25) is 0 Å². The summed E-state index contributed by atoms with van der Waals surface area (Å²) in [6.45, 7) is 1.95. The Balaban J connectivity index is 1.78. The minimum absolute atomic E-state index is 0.0227. The first kappa shape index (κ1) is 26.0. The van der Waals surface area contributed by atoms with Gasteiger partial charge < -0.3 is 10.5 Å². The van der Waals surface area contributed by atoms with Crippen molar-refractivity contribution in [1.29, 1.82) is 0 Å². The molecule has 0 aliphatic rings. The number of hydrogen-bond acceptors (Lipinski definition) is 8. The van der Waals surface area contributed by atoms with Crippen LogP contribution in [0.5, 0.6) is 0 Å². The molecule has 0 saturated carbocycles. The standard InChI is InChI=1S/C28H25N5O5S/c1-3-38-28(35)25-24-26(33(31-25)22-12-8-7-11-19(22)16-29)27(34)32(17-30-24)20-13-14-21(18-9-5-4-6-10-18)23(15-20)39(2,36)37/h4-15,17H,3,16,29H2,1-2H3. The monoisotopic (exact) mass is 543 g/mol. The molecule has 3 aromatic carbocycles. The first-order valence-corrected chi connectivity index (χ1v) is 14.0. The molecule has 198 valence electrons. The van der Waals surface area contributed by atoms with Crippen LogP contribution in [0, 0.1) is 0 Å². The van der Waals surface area contributed by atoms with Gasteiger partial charge in [-0.05, 0) is 36.2 Å². The summed E-state index contributed by atoms with van der Waals surface area (Å²) in [4.78, 5) is 31.1. The molecule has 39 heavy (non-hydrogen) atoms. The largest absolute Gasteiger partial charge is 0.461 e. The van der Waals surface area contributed by atoms with Crippen LogP contribution in [0.4, 0.5) is 0 Å². The normalized spacial score (nSPS) is 11.6. The van der Waals surface area contributed by atoms with E-state index in [9.17, 15) is 18.0 Å². The molecule has 0 amide bonds. The van der Waals surface area contributed by atoms with Crippen molar-refractivity contribution in [3.8, 4) is 22.5 Å². The van der Waals surface area contributed by atoms with Crippen LogP contribution < -0.4 is 11.3 Å². The summed E-state index contributed by atoms with van der Waals surface area (Å²) in [5.74, 6) is -0.720. The minimum Gasteiger partial charge on any atom is -0.461 e. The number of nitrogens with zero attached hydrogens (tertiary/aromatic N) is 4. The van der Waals surface area contributed by atoms with Gasteiger partial charge in [-0.25, -0.2) is 22.9 Å². The van der Waals surface area contributed by atoms with Gasteiger partial charge in [0.05, 0.1) is 22.9 Å². The summed E-state index contributed by atoms with van der Waals surface area (Å²) in [6, 6.07) is 20.9. The number of sulfone groups is 1. The van der Waals surface area contributed by atoms with E-state index in [0.717, 1.165) is 11.8 Å². The Hall–Kier alpha value is -4.61. The van der Waals surface area contributed by atoms with E-state index in [1.54, 1.807) is 43.3 Å². The zero-order valence-electron chi connectivity index (χ0n) is 21.2. The number of esters is 1. The summed E-state index contributed by atoms with van der Waals surface area (Å²) < 4.78 is 33.3. The van der Waals surface area contributed by atoms with Gasteiger partial charge in [-0.1, -0.05) is 54.6 Å². The fourth-order valence-electron chi connectivity index (χ4n) is 4.42. The van der Waals surface area contributed by atoms with Gasteiger partial charge >= 0.3 is 5.97 Å². The van der Waals surface area contributed by atoms with E-state index in [-0.39, 0.29) is 40.5 Å². The third-order valence-electron chi connectivity index (χ3n) is 6.22. The van der Waals surface area contributed by atoms with E-state index in [4.69, 9.17) is 10.5 Å². The molecular formula is C28H25N5O5S. The molecule has 0 spiro atoms. The second-order valence-electron chi connectivity index (χ2n) is 8.75. The Labute approximate surface area is 224 Å². The molecule has 0 unspecified atom stereocenters. The molecule has 0 saturated heterocycles. The van der Waals surface area contributed by atoms with Crippen LogP contribution in [-0.2, 0) is 21.1 Å². The van der Waals surface area contributed by atoms with Gasteiger partial charge in [0.25, 0.3) is 5.56 Å². The maximum atomic E-state index is 14.0. The van der Waals surface area contributed by atoms with E-state index in [2.05, 4.69) is 10.1 Å². The molecule has 0 aliphatic heterocycles. The van der Waals surface area contributed by atoms with Gasteiger partial charge in [-0.2, -0.15) is 5.10 Å². The van der Waals surface area contributed by atoms with Crippen molar-refractivity contribution in [2.45, 2.75) is 18.4 Å². The third-order valence-corrected chi connectivity index (χ3v) is 7.36. The molecule has 0 fully saturated rings. The average Bonchev–Trinajstić information content (AvgIpc) is 3.33. The van der Waals surface area contributed by atoms with Crippen molar-refractivity contribution in [2.75, 3.05) is 12.9 Å². The summed E-state index contributed by atoms with van der Waals surface area (Å²) in [6.07, 6.45) is 2.37. The number of carbonyl (C=O) groups is 1. The zero-order valence-corrected chi connectivity index (χ0v) is 22.1. The number of para-hydroxylation sites is 1. The number of ether oxygens (including phenoxy) is 1. The van der Waals surface area contributed by atoms with E-state index in [1.807, 2.05) is 30.3 Å². The van der Waals surface area contributed by atoms with E-state index >= 15 is 0 Å². The predicted molar refractivity (Wildman–Crippen MR) is 147 cm³/mol. The molecule has 0 radical (unpaired) electrons. The Morgan fingerprint density at radius 3 is 2.44 bits per heavy atom. The minimum atomic E-state index is -3.67. The molecule has 0 atom stereocenters. The molecule has 2 aromatic heterocycles.